The molecule has 4 nitrogen and oxygen atoms in total. The van der Waals surface area contributed by atoms with Crippen LogP contribution in [-0.2, 0) is 16.1 Å². The van der Waals surface area contributed by atoms with E-state index in [1.807, 2.05) is 38.1 Å². The molecule has 0 atom stereocenters. The van der Waals surface area contributed by atoms with Crippen LogP contribution < -0.4 is 5.32 Å². The molecule has 5 heteroatoms. The minimum atomic E-state index is -0.772. The van der Waals surface area contributed by atoms with Crippen LogP contribution in [0.4, 0.5) is 0 Å². The summed E-state index contributed by atoms with van der Waals surface area (Å²) < 4.78 is 0. The number of hydrogen-bond acceptors (Lipinski definition) is 2. The zero-order valence-electron chi connectivity index (χ0n) is 12.5. The van der Waals surface area contributed by atoms with Gasteiger partial charge in [0.25, 0.3) is 0 Å². The van der Waals surface area contributed by atoms with Crippen LogP contribution in [0.5, 0.6) is 0 Å². The van der Waals surface area contributed by atoms with E-state index in [0.29, 0.717) is 37.4 Å². The molecule has 0 bridgehead atoms. The highest BCUT2D eigenvalue weighted by molar-refractivity contribution is 6.30. The zero-order chi connectivity index (χ0) is 15.5. The van der Waals surface area contributed by atoms with Gasteiger partial charge in [-0.1, -0.05) is 37.6 Å². The van der Waals surface area contributed by atoms with Crippen LogP contribution in [0.25, 0.3) is 0 Å². The average molecular weight is 309 g/mol. The van der Waals surface area contributed by atoms with E-state index in [2.05, 4.69) is 5.32 Å². The van der Waals surface area contributed by atoms with Crippen molar-refractivity contribution in [2.75, 3.05) is 6.54 Å². The summed E-state index contributed by atoms with van der Waals surface area (Å²) in [6.07, 6.45) is 1.54. The highest BCUT2D eigenvalue weighted by Crippen LogP contribution is 2.23. The minimum Gasteiger partial charge on any atom is -0.342 e. The van der Waals surface area contributed by atoms with Crippen LogP contribution in [0.3, 0.4) is 0 Å². The van der Waals surface area contributed by atoms with Crippen LogP contribution in [-0.4, -0.2) is 28.8 Å². The molecule has 2 rings (SSSR count). The van der Waals surface area contributed by atoms with Crippen LogP contribution in [0.2, 0.25) is 5.02 Å². The lowest BCUT2D eigenvalue weighted by Gasteiger charge is -2.33. The van der Waals surface area contributed by atoms with Crippen molar-refractivity contribution in [2.24, 2.45) is 0 Å². The molecule has 1 saturated heterocycles. The number of amides is 2. The van der Waals surface area contributed by atoms with Gasteiger partial charge in [0.15, 0.2) is 0 Å². The lowest BCUT2D eigenvalue weighted by atomic mass is 9.91. The molecule has 1 heterocycles. The smallest absolute Gasteiger partial charge is 0.248 e. The molecular formula is C16H21ClN2O2. The Bertz CT molecular complexity index is 541. The van der Waals surface area contributed by atoms with Crippen molar-refractivity contribution in [2.45, 2.75) is 45.2 Å². The normalized spacial score (nSPS) is 18.3. The molecule has 21 heavy (non-hydrogen) atoms. The number of nitrogens with one attached hydrogen (secondary N) is 1. The van der Waals surface area contributed by atoms with E-state index in [9.17, 15) is 9.59 Å². The van der Waals surface area contributed by atoms with E-state index >= 15 is 0 Å². The van der Waals surface area contributed by atoms with Crippen molar-refractivity contribution in [1.82, 2.24) is 10.2 Å². The topological polar surface area (TPSA) is 49.4 Å². The highest BCUT2D eigenvalue weighted by Gasteiger charge is 2.41. The fourth-order valence-corrected chi connectivity index (χ4v) is 2.97. The van der Waals surface area contributed by atoms with Gasteiger partial charge in [0.2, 0.25) is 11.8 Å². The maximum absolute atomic E-state index is 12.8. The molecular weight excluding hydrogens is 288 g/mol. The largest absolute Gasteiger partial charge is 0.342 e. The van der Waals surface area contributed by atoms with Crippen LogP contribution >= 0.6 is 11.6 Å². The predicted molar refractivity (Wildman–Crippen MR) is 82.9 cm³/mol. The number of nitrogens with zero attached hydrogens (tertiary/aromatic N) is 1. The van der Waals surface area contributed by atoms with Gasteiger partial charge in [-0.2, -0.15) is 0 Å². The number of carbonyl (C=O) groups excluding carboxylic acids is 2. The first-order chi connectivity index (χ1) is 10.0. The SMILES string of the molecule is CCC1(CC)NC(=O)CCN(Cc2cccc(Cl)c2)C1=O. The number of hydrogen-bond donors (Lipinski definition) is 1. The Hall–Kier alpha value is -1.55. The number of halogens is 1. The molecule has 1 aliphatic rings. The molecule has 0 radical (unpaired) electrons. The van der Waals surface area contributed by atoms with Crippen LogP contribution in [0.15, 0.2) is 24.3 Å². The summed E-state index contributed by atoms with van der Waals surface area (Å²) >= 11 is 6.00. The number of rotatable bonds is 4. The molecule has 2 amide bonds. The minimum absolute atomic E-state index is 0.00155. The average Bonchev–Trinajstić information content (AvgIpc) is 2.59. The molecule has 1 fully saturated rings. The third-order valence-electron chi connectivity index (χ3n) is 4.15. The summed E-state index contributed by atoms with van der Waals surface area (Å²) in [4.78, 5) is 26.5. The lowest BCUT2D eigenvalue weighted by Crippen LogP contribution is -2.56. The Labute approximate surface area is 130 Å². The van der Waals surface area contributed by atoms with E-state index in [1.54, 1.807) is 4.90 Å². The van der Waals surface area contributed by atoms with E-state index in [0.717, 1.165) is 5.56 Å². The maximum atomic E-state index is 12.8. The molecule has 1 N–H and O–H groups in total. The Morgan fingerprint density at radius 3 is 2.62 bits per heavy atom. The second-order valence-corrected chi connectivity index (χ2v) is 5.88. The number of carbonyl (C=O) groups is 2. The summed E-state index contributed by atoms with van der Waals surface area (Å²) in [5.74, 6) is -0.0565. The summed E-state index contributed by atoms with van der Waals surface area (Å²) in [7, 11) is 0. The second kappa shape index (κ2) is 6.48. The summed E-state index contributed by atoms with van der Waals surface area (Å²) in [6.45, 7) is 4.80. The van der Waals surface area contributed by atoms with Gasteiger partial charge in [0.1, 0.15) is 5.54 Å². The van der Waals surface area contributed by atoms with Gasteiger partial charge in [-0.15, -0.1) is 0 Å². The van der Waals surface area contributed by atoms with Gasteiger partial charge in [-0.05, 0) is 30.5 Å². The molecule has 0 spiro atoms. The van der Waals surface area contributed by atoms with Crippen molar-refractivity contribution in [3.8, 4) is 0 Å². The van der Waals surface area contributed by atoms with E-state index in [-0.39, 0.29) is 11.8 Å². The summed E-state index contributed by atoms with van der Waals surface area (Å²) in [5, 5.41) is 3.57. The van der Waals surface area contributed by atoms with Gasteiger partial charge < -0.3 is 10.2 Å². The fourth-order valence-electron chi connectivity index (χ4n) is 2.76. The van der Waals surface area contributed by atoms with Crippen molar-refractivity contribution in [3.05, 3.63) is 34.9 Å². The van der Waals surface area contributed by atoms with Crippen LogP contribution in [0, 0.1) is 0 Å². The Morgan fingerprint density at radius 2 is 2.00 bits per heavy atom. The van der Waals surface area contributed by atoms with Gasteiger partial charge in [-0.3, -0.25) is 9.59 Å². The predicted octanol–water partition coefficient (Wildman–Crippen LogP) is 2.75. The Balaban J connectivity index is 2.25. The molecule has 1 aromatic carbocycles. The second-order valence-electron chi connectivity index (χ2n) is 5.44. The van der Waals surface area contributed by atoms with Gasteiger partial charge >= 0.3 is 0 Å². The molecule has 1 aromatic rings. The Morgan fingerprint density at radius 1 is 1.29 bits per heavy atom. The third-order valence-corrected chi connectivity index (χ3v) is 4.39. The molecule has 0 saturated carbocycles. The van der Waals surface area contributed by atoms with Gasteiger partial charge in [-0.25, -0.2) is 0 Å². The molecule has 0 aromatic heterocycles. The third kappa shape index (κ3) is 3.38. The van der Waals surface area contributed by atoms with Crippen molar-refractivity contribution < 1.29 is 9.59 Å². The first-order valence-corrected chi connectivity index (χ1v) is 7.73. The molecule has 0 unspecified atom stereocenters. The van der Waals surface area contributed by atoms with Crippen molar-refractivity contribution in [3.63, 3.8) is 0 Å². The van der Waals surface area contributed by atoms with Crippen molar-refractivity contribution in [1.29, 1.82) is 0 Å². The number of benzene rings is 1. The van der Waals surface area contributed by atoms with E-state index in [1.165, 1.54) is 0 Å². The quantitative estimate of drug-likeness (QED) is 0.930. The lowest BCUT2D eigenvalue weighted by molar-refractivity contribution is -0.139. The summed E-state index contributed by atoms with van der Waals surface area (Å²) in [6, 6.07) is 7.48. The van der Waals surface area contributed by atoms with E-state index in [4.69, 9.17) is 11.6 Å². The maximum Gasteiger partial charge on any atom is 0.248 e. The monoisotopic (exact) mass is 308 g/mol. The summed E-state index contributed by atoms with van der Waals surface area (Å²) in [5.41, 5.74) is 0.206. The zero-order valence-corrected chi connectivity index (χ0v) is 13.2. The molecule has 1 aliphatic heterocycles. The standard InChI is InChI=1S/C16H21ClN2O2/c1-3-16(4-2)15(21)19(9-8-14(20)18-16)11-12-6-5-7-13(17)10-12/h5-7,10H,3-4,8-9,11H2,1-2H3,(H,18,20). The first kappa shape index (κ1) is 15.8. The Kier molecular flexibility index (Phi) is 4.88. The van der Waals surface area contributed by atoms with Gasteiger partial charge in [0.05, 0.1) is 0 Å². The fraction of sp³-hybridized carbons (Fsp3) is 0.500. The highest BCUT2D eigenvalue weighted by atomic mass is 35.5. The van der Waals surface area contributed by atoms with Crippen molar-refractivity contribution >= 4 is 23.4 Å². The first-order valence-electron chi connectivity index (χ1n) is 7.35. The molecule has 0 aliphatic carbocycles. The van der Waals surface area contributed by atoms with Gasteiger partial charge in [0, 0.05) is 24.5 Å². The molecule has 114 valence electrons. The van der Waals surface area contributed by atoms with E-state index < -0.39 is 5.54 Å². The van der Waals surface area contributed by atoms with Crippen LogP contribution in [0.1, 0.15) is 38.7 Å².